The second-order valence-corrected chi connectivity index (χ2v) is 7.54. The number of thioether (sulfide) groups is 1. The first-order chi connectivity index (χ1) is 9.09. The average Bonchev–Trinajstić information content (AvgIpc) is 2.47. The molecule has 1 saturated heterocycles. The van der Waals surface area contributed by atoms with Crippen molar-refractivity contribution in [2.75, 3.05) is 18.8 Å². The standard InChI is InChI=1S/C12H15N3O2S2/c1-2-10-9-15(6-7-18-10)19(16,17)12-4-3-5-14-11(12)8-13/h3-5,10H,2,6-7,9H2,1H3. The van der Waals surface area contributed by atoms with Crippen LogP contribution in [0.4, 0.5) is 0 Å². The Labute approximate surface area is 117 Å². The molecule has 0 N–H and O–H groups in total. The van der Waals surface area contributed by atoms with Crippen LogP contribution in [0.3, 0.4) is 0 Å². The fourth-order valence-electron chi connectivity index (χ4n) is 1.98. The van der Waals surface area contributed by atoms with Crippen molar-refractivity contribution < 1.29 is 8.42 Å². The summed E-state index contributed by atoms with van der Waals surface area (Å²) in [6, 6.07) is 4.84. The van der Waals surface area contributed by atoms with Crippen molar-refractivity contribution in [2.45, 2.75) is 23.5 Å². The predicted molar refractivity (Wildman–Crippen MR) is 74.2 cm³/mol. The van der Waals surface area contributed by atoms with Crippen molar-refractivity contribution >= 4 is 21.8 Å². The summed E-state index contributed by atoms with van der Waals surface area (Å²) in [6.07, 6.45) is 2.37. The normalized spacial score (nSPS) is 20.9. The van der Waals surface area contributed by atoms with Gasteiger partial charge in [-0.3, -0.25) is 0 Å². The highest BCUT2D eigenvalue weighted by Crippen LogP contribution is 2.26. The molecular formula is C12H15N3O2S2. The molecule has 1 aliphatic rings. The van der Waals surface area contributed by atoms with Gasteiger partial charge in [0.25, 0.3) is 0 Å². The lowest BCUT2D eigenvalue weighted by atomic mass is 10.3. The van der Waals surface area contributed by atoms with Gasteiger partial charge in [0.15, 0.2) is 5.69 Å². The van der Waals surface area contributed by atoms with Crippen LogP contribution in [0.15, 0.2) is 23.2 Å². The minimum absolute atomic E-state index is 0.0132. The second-order valence-electron chi connectivity index (χ2n) is 4.23. The van der Waals surface area contributed by atoms with Crippen LogP contribution >= 0.6 is 11.8 Å². The van der Waals surface area contributed by atoms with Crippen molar-refractivity contribution in [3.8, 4) is 6.07 Å². The molecule has 1 aromatic rings. The quantitative estimate of drug-likeness (QED) is 0.844. The third kappa shape index (κ3) is 2.91. The van der Waals surface area contributed by atoms with Gasteiger partial charge >= 0.3 is 0 Å². The van der Waals surface area contributed by atoms with E-state index in [1.165, 1.54) is 16.6 Å². The highest BCUT2D eigenvalue weighted by atomic mass is 32.2. The van der Waals surface area contributed by atoms with Crippen molar-refractivity contribution in [1.29, 1.82) is 5.26 Å². The molecule has 1 unspecified atom stereocenters. The van der Waals surface area contributed by atoms with Gasteiger partial charge in [-0.15, -0.1) is 0 Å². The first-order valence-electron chi connectivity index (χ1n) is 6.06. The molecule has 1 aliphatic heterocycles. The Hall–Kier alpha value is -1.10. The lowest BCUT2D eigenvalue weighted by Gasteiger charge is -2.31. The van der Waals surface area contributed by atoms with Crippen LogP contribution < -0.4 is 0 Å². The van der Waals surface area contributed by atoms with Gasteiger partial charge in [0.05, 0.1) is 0 Å². The number of nitrogens with zero attached hydrogens (tertiary/aromatic N) is 3. The van der Waals surface area contributed by atoms with Crippen LogP contribution in [-0.4, -0.2) is 41.8 Å². The van der Waals surface area contributed by atoms with Crippen molar-refractivity contribution in [1.82, 2.24) is 9.29 Å². The Morgan fingerprint density at radius 1 is 1.63 bits per heavy atom. The molecule has 19 heavy (non-hydrogen) atoms. The van der Waals surface area contributed by atoms with Crippen LogP contribution in [0.2, 0.25) is 0 Å². The summed E-state index contributed by atoms with van der Waals surface area (Å²) >= 11 is 1.80. The summed E-state index contributed by atoms with van der Waals surface area (Å²) in [5.74, 6) is 0.792. The number of nitriles is 1. The van der Waals surface area contributed by atoms with E-state index < -0.39 is 10.0 Å². The molecular weight excluding hydrogens is 282 g/mol. The Morgan fingerprint density at radius 2 is 2.42 bits per heavy atom. The van der Waals surface area contributed by atoms with Gasteiger partial charge in [0.2, 0.25) is 10.0 Å². The Bertz CT molecular complexity index is 595. The zero-order chi connectivity index (χ0) is 13.9. The third-order valence-corrected chi connectivity index (χ3v) is 6.32. The van der Waals surface area contributed by atoms with E-state index in [4.69, 9.17) is 5.26 Å². The summed E-state index contributed by atoms with van der Waals surface area (Å²) in [4.78, 5) is 3.84. The van der Waals surface area contributed by atoms with Gasteiger partial charge in [-0.1, -0.05) is 6.92 Å². The van der Waals surface area contributed by atoms with Gasteiger partial charge in [0, 0.05) is 30.3 Å². The zero-order valence-corrected chi connectivity index (χ0v) is 12.2. The number of pyridine rings is 1. The summed E-state index contributed by atoms with van der Waals surface area (Å²) in [5.41, 5.74) is -0.0335. The first kappa shape index (κ1) is 14.3. The zero-order valence-electron chi connectivity index (χ0n) is 10.6. The molecule has 0 bridgehead atoms. The number of rotatable bonds is 3. The van der Waals surface area contributed by atoms with E-state index in [0.717, 1.165) is 12.2 Å². The number of sulfonamides is 1. The summed E-state index contributed by atoms with van der Waals surface area (Å²) < 4.78 is 26.6. The van der Waals surface area contributed by atoms with Crippen molar-refractivity contribution in [3.05, 3.63) is 24.0 Å². The topological polar surface area (TPSA) is 74.1 Å². The van der Waals surface area contributed by atoms with Crippen molar-refractivity contribution in [2.24, 2.45) is 0 Å². The summed E-state index contributed by atoms with van der Waals surface area (Å²) in [5, 5.41) is 9.30. The predicted octanol–water partition coefficient (Wildman–Crippen LogP) is 1.47. The second kappa shape index (κ2) is 5.90. The van der Waals surface area contributed by atoms with E-state index in [2.05, 4.69) is 11.9 Å². The fraction of sp³-hybridized carbons (Fsp3) is 0.500. The van der Waals surface area contributed by atoms with Gasteiger partial charge in [-0.25, -0.2) is 13.4 Å². The monoisotopic (exact) mass is 297 g/mol. The van der Waals surface area contributed by atoms with Crippen LogP contribution in [0.25, 0.3) is 0 Å². The maximum Gasteiger partial charge on any atom is 0.246 e. The Balaban J connectivity index is 2.35. The molecule has 0 spiro atoms. The Kier molecular flexibility index (Phi) is 4.45. The average molecular weight is 297 g/mol. The molecule has 5 nitrogen and oxygen atoms in total. The molecule has 1 aromatic heterocycles. The maximum atomic E-state index is 12.6. The molecule has 1 atom stereocenters. The molecule has 0 aliphatic carbocycles. The maximum absolute atomic E-state index is 12.6. The summed E-state index contributed by atoms with van der Waals surface area (Å²) in [6.45, 7) is 3.05. The van der Waals surface area contributed by atoms with E-state index in [-0.39, 0.29) is 10.6 Å². The highest BCUT2D eigenvalue weighted by molar-refractivity contribution is 8.00. The molecule has 0 amide bonds. The largest absolute Gasteiger partial charge is 0.246 e. The number of aromatic nitrogens is 1. The SMILES string of the molecule is CCC1CN(S(=O)(=O)c2cccnc2C#N)CCS1. The highest BCUT2D eigenvalue weighted by Gasteiger charge is 2.31. The van der Waals surface area contributed by atoms with Gasteiger partial charge in [-0.2, -0.15) is 21.3 Å². The van der Waals surface area contributed by atoms with E-state index in [1.807, 2.05) is 6.07 Å². The van der Waals surface area contributed by atoms with E-state index >= 15 is 0 Å². The van der Waals surface area contributed by atoms with E-state index in [1.54, 1.807) is 17.8 Å². The van der Waals surface area contributed by atoms with Gasteiger partial charge in [0.1, 0.15) is 11.0 Å². The molecule has 2 heterocycles. The number of hydrogen-bond donors (Lipinski definition) is 0. The lowest BCUT2D eigenvalue weighted by Crippen LogP contribution is -2.41. The van der Waals surface area contributed by atoms with Gasteiger partial charge in [-0.05, 0) is 18.6 Å². The van der Waals surface area contributed by atoms with Gasteiger partial charge < -0.3 is 0 Å². The minimum atomic E-state index is -3.61. The third-order valence-electron chi connectivity index (χ3n) is 3.05. The van der Waals surface area contributed by atoms with Crippen LogP contribution in [-0.2, 0) is 10.0 Å². The van der Waals surface area contributed by atoms with Crippen LogP contribution in [0.1, 0.15) is 19.0 Å². The van der Waals surface area contributed by atoms with E-state index in [0.29, 0.717) is 18.3 Å². The molecule has 102 valence electrons. The van der Waals surface area contributed by atoms with Crippen LogP contribution in [0.5, 0.6) is 0 Å². The Morgan fingerprint density at radius 3 is 3.11 bits per heavy atom. The molecule has 0 aromatic carbocycles. The molecule has 2 rings (SSSR count). The molecule has 0 saturated carbocycles. The van der Waals surface area contributed by atoms with Crippen LogP contribution in [0, 0.1) is 11.3 Å². The smallest absolute Gasteiger partial charge is 0.244 e. The molecule has 0 radical (unpaired) electrons. The molecule has 1 fully saturated rings. The lowest BCUT2D eigenvalue weighted by molar-refractivity contribution is 0.415. The number of hydrogen-bond acceptors (Lipinski definition) is 5. The molecule has 7 heteroatoms. The first-order valence-corrected chi connectivity index (χ1v) is 8.55. The minimum Gasteiger partial charge on any atom is -0.244 e. The fourth-order valence-corrected chi connectivity index (χ4v) is 4.95. The van der Waals surface area contributed by atoms with Crippen molar-refractivity contribution in [3.63, 3.8) is 0 Å². The van der Waals surface area contributed by atoms with E-state index in [9.17, 15) is 8.42 Å². The summed E-state index contributed by atoms with van der Waals surface area (Å²) in [7, 11) is -3.61.